The zero-order chi connectivity index (χ0) is 13.2. The van der Waals surface area contributed by atoms with E-state index < -0.39 is 5.41 Å². The smallest absolute Gasteiger partial charge is 0.231 e. The molecule has 0 bridgehead atoms. The summed E-state index contributed by atoms with van der Waals surface area (Å²) in [4.78, 5) is 12.3. The van der Waals surface area contributed by atoms with Crippen LogP contribution < -0.4 is 11.1 Å². The highest BCUT2D eigenvalue weighted by molar-refractivity contribution is 5.96. The lowest BCUT2D eigenvalue weighted by molar-refractivity contribution is -0.124. The average molecular weight is 287 g/mol. The second kappa shape index (κ2) is 6.35. The van der Waals surface area contributed by atoms with Crippen molar-refractivity contribution in [2.75, 3.05) is 11.9 Å². The van der Waals surface area contributed by atoms with Crippen LogP contribution in [0.5, 0.6) is 0 Å². The molecule has 3 nitrogen and oxygen atoms in total. The van der Waals surface area contributed by atoms with Gasteiger partial charge in [-0.15, -0.1) is 12.4 Å². The molecule has 0 spiro atoms. The molecule has 0 aromatic heterocycles. The molecule has 1 aromatic carbocycles. The lowest BCUT2D eigenvalue weighted by Gasteiger charge is -2.26. The van der Waals surface area contributed by atoms with E-state index in [0.29, 0.717) is 12.2 Å². The molecule has 1 saturated carbocycles. The predicted octanol–water partition coefficient (Wildman–Crippen LogP) is 3.01. The Morgan fingerprint density at radius 1 is 1.42 bits per heavy atom. The first-order valence-electron chi connectivity index (χ1n) is 6.35. The van der Waals surface area contributed by atoms with E-state index in [0.717, 1.165) is 31.2 Å². The Labute approximate surface area is 119 Å². The first kappa shape index (κ1) is 15.9. The monoisotopic (exact) mass is 286 g/mol. The molecule has 0 saturated heterocycles. The van der Waals surface area contributed by atoms with E-state index >= 15 is 0 Å². The number of aryl methyl sites for hydroxylation is 1. The van der Waals surface area contributed by atoms with Crippen molar-refractivity contribution >= 4 is 24.0 Å². The van der Waals surface area contributed by atoms with Crippen LogP contribution >= 0.6 is 12.4 Å². The minimum absolute atomic E-state index is 0. The Morgan fingerprint density at radius 2 is 2.05 bits per heavy atom. The summed E-state index contributed by atoms with van der Waals surface area (Å²) < 4.78 is 13.2. The molecule has 0 atom stereocenters. The molecule has 0 unspecified atom stereocenters. The SMILES string of the molecule is Cc1ccc(F)cc1NC(=O)C1(CN)CCCC1.Cl. The van der Waals surface area contributed by atoms with E-state index in [1.807, 2.05) is 6.92 Å². The van der Waals surface area contributed by atoms with Crippen LogP contribution in [-0.4, -0.2) is 12.5 Å². The van der Waals surface area contributed by atoms with E-state index in [2.05, 4.69) is 5.32 Å². The second-order valence-electron chi connectivity index (χ2n) is 5.10. The van der Waals surface area contributed by atoms with Gasteiger partial charge in [-0.1, -0.05) is 18.9 Å². The molecule has 2 rings (SSSR count). The Hall–Kier alpha value is -1.13. The van der Waals surface area contributed by atoms with Crippen molar-refractivity contribution in [3.05, 3.63) is 29.6 Å². The van der Waals surface area contributed by atoms with Gasteiger partial charge in [0, 0.05) is 12.2 Å². The van der Waals surface area contributed by atoms with Gasteiger partial charge in [-0.3, -0.25) is 4.79 Å². The topological polar surface area (TPSA) is 55.1 Å². The standard InChI is InChI=1S/C14H19FN2O.ClH/c1-10-4-5-11(15)8-12(10)17-13(18)14(9-16)6-2-3-7-14;/h4-5,8H,2-3,6-7,9,16H2,1H3,(H,17,18);1H. The number of rotatable bonds is 3. The summed E-state index contributed by atoms with van der Waals surface area (Å²) in [6, 6.07) is 4.40. The number of carbonyl (C=O) groups is 1. The van der Waals surface area contributed by atoms with Gasteiger partial charge in [0.15, 0.2) is 0 Å². The number of nitrogens with one attached hydrogen (secondary N) is 1. The molecule has 1 amide bonds. The van der Waals surface area contributed by atoms with Crippen LogP contribution in [0, 0.1) is 18.2 Å². The lowest BCUT2D eigenvalue weighted by atomic mass is 9.85. The van der Waals surface area contributed by atoms with Gasteiger partial charge < -0.3 is 11.1 Å². The zero-order valence-corrected chi connectivity index (χ0v) is 11.9. The number of hydrogen-bond acceptors (Lipinski definition) is 2. The molecule has 3 N–H and O–H groups in total. The van der Waals surface area contributed by atoms with E-state index in [-0.39, 0.29) is 24.1 Å². The highest BCUT2D eigenvalue weighted by Crippen LogP contribution is 2.38. The highest BCUT2D eigenvalue weighted by atomic mass is 35.5. The van der Waals surface area contributed by atoms with E-state index in [4.69, 9.17) is 5.73 Å². The van der Waals surface area contributed by atoms with Crippen LogP contribution in [-0.2, 0) is 4.79 Å². The van der Waals surface area contributed by atoms with Crippen LogP contribution in [0.4, 0.5) is 10.1 Å². The molecule has 1 fully saturated rings. The fraction of sp³-hybridized carbons (Fsp3) is 0.500. The first-order chi connectivity index (χ1) is 8.57. The van der Waals surface area contributed by atoms with Crippen molar-refractivity contribution in [3.63, 3.8) is 0 Å². The Kier molecular flexibility index (Phi) is 5.32. The zero-order valence-electron chi connectivity index (χ0n) is 11.0. The molecular formula is C14H20ClFN2O. The molecule has 1 aliphatic carbocycles. The quantitative estimate of drug-likeness (QED) is 0.897. The fourth-order valence-corrected chi connectivity index (χ4v) is 2.56. The molecular weight excluding hydrogens is 267 g/mol. The maximum absolute atomic E-state index is 13.2. The van der Waals surface area contributed by atoms with Gasteiger partial charge in [0.2, 0.25) is 5.91 Å². The summed E-state index contributed by atoms with van der Waals surface area (Å²) in [5.41, 5.74) is 6.69. The summed E-state index contributed by atoms with van der Waals surface area (Å²) >= 11 is 0. The van der Waals surface area contributed by atoms with Gasteiger partial charge in [-0.2, -0.15) is 0 Å². The van der Waals surface area contributed by atoms with Gasteiger partial charge in [-0.05, 0) is 37.5 Å². The van der Waals surface area contributed by atoms with Crippen molar-refractivity contribution < 1.29 is 9.18 Å². The maximum atomic E-state index is 13.2. The molecule has 0 heterocycles. The molecule has 1 aromatic rings. The fourth-order valence-electron chi connectivity index (χ4n) is 2.56. The van der Waals surface area contributed by atoms with Gasteiger partial charge >= 0.3 is 0 Å². The number of amides is 1. The third kappa shape index (κ3) is 3.25. The first-order valence-corrected chi connectivity index (χ1v) is 6.35. The van der Waals surface area contributed by atoms with Crippen molar-refractivity contribution in [1.82, 2.24) is 0 Å². The van der Waals surface area contributed by atoms with Crippen molar-refractivity contribution in [2.24, 2.45) is 11.1 Å². The van der Waals surface area contributed by atoms with Gasteiger partial charge in [0.05, 0.1) is 5.41 Å². The van der Waals surface area contributed by atoms with Crippen LogP contribution in [0.25, 0.3) is 0 Å². The van der Waals surface area contributed by atoms with E-state index in [9.17, 15) is 9.18 Å². The molecule has 106 valence electrons. The number of halogens is 2. The summed E-state index contributed by atoms with van der Waals surface area (Å²) in [5.74, 6) is -0.416. The number of carbonyl (C=O) groups excluding carboxylic acids is 1. The molecule has 19 heavy (non-hydrogen) atoms. The van der Waals surface area contributed by atoms with Crippen LogP contribution in [0.1, 0.15) is 31.2 Å². The van der Waals surface area contributed by atoms with E-state index in [1.54, 1.807) is 6.07 Å². The predicted molar refractivity (Wildman–Crippen MR) is 77.0 cm³/mol. The number of nitrogens with two attached hydrogens (primary N) is 1. The minimum atomic E-state index is -0.460. The third-order valence-electron chi connectivity index (χ3n) is 3.88. The Bertz CT molecular complexity index is 459. The summed E-state index contributed by atoms with van der Waals surface area (Å²) in [7, 11) is 0. The molecule has 5 heteroatoms. The van der Waals surface area contributed by atoms with Crippen LogP contribution in [0.15, 0.2) is 18.2 Å². The summed E-state index contributed by atoms with van der Waals surface area (Å²) in [6.07, 6.45) is 3.72. The maximum Gasteiger partial charge on any atom is 0.231 e. The Morgan fingerprint density at radius 3 is 2.63 bits per heavy atom. The van der Waals surface area contributed by atoms with Crippen LogP contribution in [0.2, 0.25) is 0 Å². The number of benzene rings is 1. The number of anilines is 1. The van der Waals surface area contributed by atoms with Gasteiger partial charge in [0.1, 0.15) is 5.82 Å². The summed E-state index contributed by atoms with van der Waals surface area (Å²) in [6.45, 7) is 2.20. The van der Waals surface area contributed by atoms with Gasteiger partial charge in [-0.25, -0.2) is 4.39 Å². The summed E-state index contributed by atoms with van der Waals surface area (Å²) in [5, 5.41) is 2.83. The van der Waals surface area contributed by atoms with Crippen LogP contribution in [0.3, 0.4) is 0 Å². The molecule has 1 aliphatic rings. The highest BCUT2D eigenvalue weighted by Gasteiger charge is 2.39. The van der Waals surface area contributed by atoms with Crippen molar-refractivity contribution in [3.8, 4) is 0 Å². The van der Waals surface area contributed by atoms with Gasteiger partial charge in [0.25, 0.3) is 0 Å². The van der Waals surface area contributed by atoms with E-state index in [1.165, 1.54) is 12.1 Å². The lowest BCUT2D eigenvalue weighted by Crippen LogP contribution is -2.40. The Balaban J connectivity index is 0.00000180. The third-order valence-corrected chi connectivity index (χ3v) is 3.88. The van der Waals surface area contributed by atoms with Crippen molar-refractivity contribution in [1.29, 1.82) is 0 Å². The molecule has 0 aliphatic heterocycles. The molecule has 0 radical (unpaired) electrons. The second-order valence-corrected chi connectivity index (χ2v) is 5.10. The normalized spacial score (nSPS) is 16.8. The number of hydrogen-bond donors (Lipinski definition) is 2. The minimum Gasteiger partial charge on any atom is -0.329 e. The average Bonchev–Trinajstić information content (AvgIpc) is 2.84. The van der Waals surface area contributed by atoms with Crippen molar-refractivity contribution in [2.45, 2.75) is 32.6 Å². The largest absolute Gasteiger partial charge is 0.329 e.